The van der Waals surface area contributed by atoms with Gasteiger partial charge in [0.15, 0.2) is 0 Å². The van der Waals surface area contributed by atoms with Crippen molar-refractivity contribution in [2.24, 2.45) is 0 Å². The Morgan fingerprint density at radius 1 is 0.533 bits per heavy atom. The van der Waals surface area contributed by atoms with E-state index in [0.29, 0.717) is 0 Å². The molecule has 0 fully saturated rings. The molecule has 5 aromatic carbocycles. The monoisotopic (exact) mass is 383 g/mol. The number of fused-ring (bicyclic) bond motifs is 5. The van der Waals surface area contributed by atoms with Crippen molar-refractivity contribution in [3.63, 3.8) is 0 Å². The van der Waals surface area contributed by atoms with Crippen LogP contribution in [0.15, 0.2) is 103 Å². The number of rotatable bonds is 2. The fourth-order valence-electron chi connectivity index (χ4n) is 4.74. The molecule has 1 nitrogen and oxygen atoms in total. The van der Waals surface area contributed by atoms with Gasteiger partial charge in [0.1, 0.15) is 0 Å². The highest BCUT2D eigenvalue weighted by Crippen LogP contribution is 2.46. The molecule has 0 bridgehead atoms. The van der Waals surface area contributed by atoms with Crippen molar-refractivity contribution in [2.75, 3.05) is 0 Å². The summed E-state index contributed by atoms with van der Waals surface area (Å²) in [6, 6.07) is 37.0. The van der Waals surface area contributed by atoms with Crippen LogP contribution in [0.2, 0.25) is 0 Å². The molecule has 0 amide bonds. The van der Waals surface area contributed by atoms with Crippen molar-refractivity contribution in [1.82, 2.24) is 4.98 Å². The third-order valence-corrected chi connectivity index (χ3v) is 6.04. The van der Waals surface area contributed by atoms with Gasteiger partial charge in [0.05, 0.1) is 5.52 Å². The molecule has 0 unspecified atom stereocenters. The summed E-state index contributed by atoms with van der Waals surface area (Å²) in [7, 11) is 0. The van der Waals surface area contributed by atoms with Gasteiger partial charge in [0.2, 0.25) is 0 Å². The smallest absolute Gasteiger partial charge is 0.0551 e. The molecule has 0 saturated heterocycles. The lowest BCUT2D eigenvalue weighted by molar-refractivity contribution is 1.50. The number of aromatic amines is 1. The largest absolute Gasteiger partial charge is 0.354 e. The summed E-state index contributed by atoms with van der Waals surface area (Å²) < 4.78 is 0. The lowest BCUT2D eigenvalue weighted by Gasteiger charge is -2.17. The van der Waals surface area contributed by atoms with Crippen LogP contribution in [0.5, 0.6) is 0 Å². The van der Waals surface area contributed by atoms with Gasteiger partial charge in [-0.05, 0) is 35.1 Å². The van der Waals surface area contributed by atoms with Crippen LogP contribution in [0.1, 0.15) is 5.56 Å². The minimum Gasteiger partial charge on any atom is -0.354 e. The van der Waals surface area contributed by atoms with Gasteiger partial charge in [-0.1, -0.05) is 103 Å². The summed E-state index contributed by atoms with van der Waals surface area (Å²) in [6.07, 6.45) is 0. The zero-order chi connectivity index (χ0) is 20.1. The minimum absolute atomic E-state index is 1.18. The Hall–Kier alpha value is -3.84. The number of benzene rings is 5. The van der Waals surface area contributed by atoms with Gasteiger partial charge in [-0.2, -0.15) is 0 Å². The third kappa shape index (κ3) is 2.49. The van der Waals surface area contributed by atoms with Crippen molar-refractivity contribution in [2.45, 2.75) is 6.92 Å². The molecule has 6 rings (SSSR count). The first-order valence-electron chi connectivity index (χ1n) is 10.4. The number of hydrogen-bond donors (Lipinski definition) is 1. The van der Waals surface area contributed by atoms with Crippen LogP contribution in [0, 0.1) is 6.92 Å². The van der Waals surface area contributed by atoms with E-state index in [1.165, 1.54) is 60.4 Å². The first kappa shape index (κ1) is 17.1. The Labute approximate surface area is 175 Å². The number of nitrogens with one attached hydrogen (secondary N) is 1. The molecular weight excluding hydrogens is 362 g/mol. The highest BCUT2D eigenvalue weighted by atomic mass is 14.7. The number of aryl methyl sites for hydroxylation is 1. The number of hydrogen-bond acceptors (Lipinski definition) is 0. The van der Waals surface area contributed by atoms with E-state index in [9.17, 15) is 0 Å². The van der Waals surface area contributed by atoms with Crippen molar-refractivity contribution in [3.05, 3.63) is 109 Å². The van der Waals surface area contributed by atoms with Crippen molar-refractivity contribution >= 4 is 32.6 Å². The molecule has 0 aliphatic rings. The van der Waals surface area contributed by atoms with Crippen LogP contribution in [0.4, 0.5) is 0 Å². The summed E-state index contributed by atoms with van der Waals surface area (Å²) in [6.45, 7) is 2.17. The molecule has 1 heterocycles. The van der Waals surface area contributed by atoms with E-state index in [4.69, 9.17) is 0 Å². The van der Waals surface area contributed by atoms with Crippen molar-refractivity contribution in [1.29, 1.82) is 0 Å². The van der Waals surface area contributed by atoms with Gasteiger partial charge < -0.3 is 4.98 Å². The molecule has 1 N–H and O–H groups in total. The second-order valence-electron chi connectivity index (χ2n) is 7.95. The molecule has 0 aliphatic carbocycles. The lowest BCUT2D eigenvalue weighted by Crippen LogP contribution is -1.91. The van der Waals surface area contributed by atoms with Crippen LogP contribution in [0.25, 0.3) is 54.8 Å². The predicted octanol–water partition coefficient (Wildman–Crippen LogP) is 8.12. The molecule has 0 atom stereocenters. The van der Waals surface area contributed by atoms with Gasteiger partial charge in [0, 0.05) is 27.2 Å². The summed E-state index contributed by atoms with van der Waals surface area (Å²) in [4.78, 5) is 3.73. The van der Waals surface area contributed by atoms with Gasteiger partial charge >= 0.3 is 0 Å². The molecule has 0 aliphatic heterocycles. The Kier molecular flexibility index (Phi) is 3.75. The van der Waals surface area contributed by atoms with E-state index >= 15 is 0 Å². The zero-order valence-corrected chi connectivity index (χ0v) is 16.8. The molecule has 1 heteroatoms. The van der Waals surface area contributed by atoms with Crippen LogP contribution >= 0.6 is 0 Å². The lowest BCUT2D eigenvalue weighted by atomic mass is 9.86. The van der Waals surface area contributed by atoms with E-state index in [1.54, 1.807) is 0 Å². The number of para-hydroxylation sites is 1. The molecular formula is C29H21N. The maximum Gasteiger partial charge on any atom is 0.0551 e. The maximum atomic E-state index is 3.73. The SMILES string of the molecule is Cc1ccc2c(c1)c(-c1ccccc1)c(-c1ccccc1)c1c3ccccc3[nH]c21. The van der Waals surface area contributed by atoms with E-state index in [0.717, 1.165) is 0 Å². The second-order valence-corrected chi connectivity index (χ2v) is 7.95. The molecule has 30 heavy (non-hydrogen) atoms. The molecule has 1 aromatic heterocycles. The van der Waals surface area contributed by atoms with Crippen molar-refractivity contribution < 1.29 is 0 Å². The summed E-state index contributed by atoms with van der Waals surface area (Å²) in [5.41, 5.74) is 8.76. The Bertz CT molecular complexity index is 1520. The Morgan fingerprint density at radius 2 is 1.17 bits per heavy atom. The van der Waals surface area contributed by atoms with Gasteiger partial charge in [-0.3, -0.25) is 0 Å². The van der Waals surface area contributed by atoms with Crippen LogP contribution < -0.4 is 0 Å². The van der Waals surface area contributed by atoms with E-state index in [2.05, 4.69) is 115 Å². The molecule has 6 aromatic rings. The van der Waals surface area contributed by atoms with Gasteiger partial charge in [-0.15, -0.1) is 0 Å². The average molecular weight is 383 g/mol. The van der Waals surface area contributed by atoms with Gasteiger partial charge in [0.25, 0.3) is 0 Å². The average Bonchev–Trinajstić information content (AvgIpc) is 3.18. The molecule has 0 saturated carbocycles. The molecule has 0 spiro atoms. The van der Waals surface area contributed by atoms with E-state index < -0.39 is 0 Å². The predicted molar refractivity (Wildman–Crippen MR) is 129 cm³/mol. The quantitative estimate of drug-likeness (QED) is 0.311. The fraction of sp³-hybridized carbons (Fsp3) is 0.0345. The Balaban J connectivity index is 1.95. The zero-order valence-electron chi connectivity index (χ0n) is 16.8. The first-order chi connectivity index (χ1) is 14.8. The summed E-state index contributed by atoms with van der Waals surface area (Å²) in [5.74, 6) is 0. The molecule has 142 valence electrons. The van der Waals surface area contributed by atoms with E-state index in [-0.39, 0.29) is 0 Å². The van der Waals surface area contributed by atoms with Gasteiger partial charge in [-0.25, -0.2) is 0 Å². The number of aromatic nitrogens is 1. The third-order valence-electron chi connectivity index (χ3n) is 6.04. The molecule has 0 radical (unpaired) electrons. The summed E-state index contributed by atoms with van der Waals surface area (Å²) in [5, 5.41) is 5.13. The topological polar surface area (TPSA) is 15.8 Å². The standard InChI is InChI=1S/C29H21N/c1-19-16-17-22-24(18-19)26(20-10-4-2-5-11-20)27(21-12-6-3-7-13-21)28-23-14-8-9-15-25(23)30-29(22)28/h2-18,30H,1H3. The van der Waals surface area contributed by atoms with Crippen molar-refractivity contribution in [3.8, 4) is 22.3 Å². The first-order valence-corrected chi connectivity index (χ1v) is 10.4. The fourth-order valence-corrected chi connectivity index (χ4v) is 4.74. The minimum atomic E-state index is 1.18. The maximum absolute atomic E-state index is 3.73. The number of H-pyrrole nitrogens is 1. The summed E-state index contributed by atoms with van der Waals surface area (Å²) >= 11 is 0. The Morgan fingerprint density at radius 3 is 1.90 bits per heavy atom. The van der Waals surface area contributed by atoms with Crippen LogP contribution in [-0.4, -0.2) is 4.98 Å². The van der Waals surface area contributed by atoms with Crippen LogP contribution in [-0.2, 0) is 0 Å². The van der Waals surface area contributed by atoms with Crippen LogP contribution in [0.3, 0.4) is 0 Å². The highest BCUT2D eigenvalue weighted by molar-refractivity contribution is 6.27. The second kappa shape index (κ2) is 6.60. The van der Waals surface area contributed by atoms with E-state index in [1.807, 2.05) is 0 Å². The normalized spacial score (nSPS) is 11.5. The highest BCUT2D eigenvalue weighted by Gasteiger charge is 2.20.